The molecule has 35 heteroatoms. The summed E-state index contributed by atoms with van der Waals surface area (Å²) < 4.78 is 73.5. The lowest BCUT2D eigenvalue weighted by molar-refractivity contribution is -0.124. The fourth-order valence-corrected chi connectivity index (χ4v) is 16.1. The smallest absolute Gasteiger partial charge is 0.407 e. The summed E-state index contributed by atoms with van der Waals surface area (Å²) in [4.78, 5) is 96.7. The molecule has 11 rings (SSSR count). The Hall–Kier alpha value is -8.61. The number of nitrogens with two attached hydrogens (primary N) is 2. The number of morpholine rings is 1. The Morgan fingerprint density at radius 3 is 2.03 bits per heavy atom. The van der Waals surface area contributed by atoms with Crippen LogP contribution in [-0.4, -0.2) is 212 Å². The number of sulfonamides is 1. The van der Waals surface area contributed by atoms with Gasteiger partial charge in [0.15, 0.2) is 17.8 Å². The van der Waals surface area contributed by atoms with E-state index in [4.69, 9.17) is 49.7 Å². The molecule has 111 heavy (non-hydrogen) atoms. The third kappa shape index (κ3) is 28.2. The second kappa shape index (κ2) is 42.9. The first kappa shape index (κ1) is 86.4. The first-order chi connectivity index (χ1) is 53.2. The van der Waals surface area contributed by atoms with Gasteiger partial charge in [0, 0.05) is 75.0 Å². The van der Waals surface area contributed by atoms with Crippen molar-refractivity contribution in [3.63, 3.8) is 0 Å². The van der Waals surface area contributed by atoms with E-state index < -0.39 is 66.5 Å². The summed E-state index contributed by atoms with van der Waals surface area (Å²) in [5.74, 6) is 0.336. The minimum atomic E-state index is -4.16. The van der Waals surface area contributed by atoms with Gasteiger partial charge in [-0.15, -0.1) is 22.7 Å². The molecule has 4 aromatic heterocycles. The molecule has 0 bridgehead atoms. The molecule has 3 fully saturated rings. The number of imidazole rings is 1. The van der Waals surface area contributed by atoms with Crippen molar-refractivity contribution in [1.82, 2.24) is 64.9 Å². The fraction of sp³-hybridized carbons (Fsp3) is 0.487. The van der Waals surface area contributed by atoms with E-state index in [2.05, 4.69) is 64.9 Å². The number of aromatic nitrogens is 6. The number of aliphatic hydroxyl groups is 1. The first-order valence-corrected chi connectivity index (χ1v) is 42.0. The number of anilines is 2. The molecule has 9 atom stereocenters. The van der Waals surface area contributed by atoms with E-state index in [1.54, 1.807) is 46.5 Å². The first-order valence-electron chi connectivity index (χ1n) is 37.0. The van der Waals surface area contributed by atoms with Crippen LogP contribution in [0, 0.1) is 11.8 Å². The molecule has 31 nitrogen and oxygen atoms in total. The van der Waals surface area contributed by atoms with Crippen LogP contribution in [0.5, 0.6) is 0 Å². The van der Waals surface area contributed by atoms with Gasteiger partial charge in [0.25, 0.3) is 0 Å². The molecule has 4 aromatic carbocycles. The predicted octanol–water partition coefficient (Wildman–Crippen LogP) is 8.32. The Morgan fingerprint density at radius 2 is 1.41 bits per heavy atom. The molecule has 11 N–H and O–H groups in total. The summed E-state index contributed by atoms with van der Waals surface area (Å²) in [5.41, 5.74) is 18.5. The maximum Gasteiger partial charge on any atom is 0.407 e. The van der Waals surface area contributed by atoms with Crippen LogP contribution in [0.15, 0.2) is 150 Å². The van der Waals surface area contributed by atoms with Crippen LogP contribution in [0.25, 0.3) is 11.2 Å². The van der Waals surface area contributed by atoms with Crippen LogP contribution < -0.4 is 32.7 Å². The highest BCUT2D eigenvalue weighted by atomic mass is 32.2. The van der Waals surface area contributed by atoms with Crippen LogP contribution in [0.2, 0.25) is 0 Å². The van der Waals surface area contributed by atoms with Gasteiger partial charge in [0.1, 0.15) is 36.9 Å². The van der Waals surface area contributed by atoms with E-state index >= 15 is 0 Å². The van der Waals surface area contributed by atoms with Crippen molar-refractivity contribution < 1.29 is 75.5 Å². The average Bonchev–Trinajstić information content (AvgIpc) is 1.33. The lowest BCUT2D eigenvalue weighted by Gasteiger charge is -2.31. The molecule has 3 aliphatic heterocycles. The van der Waals surface area contributed by atoms with Gasteiger partial charge < -0.3 is 85.5 Å². The molecule has 0 spiro atoms. The number of aliphatic hydroxyl groups excluding tert-OH is 1. The molecule has 3 aliphatic rings. The van der Waals surface area contributed by atoms with Crippen molar-refractivity contribution in [3.05, 3.63) is 177 Å². The molecule has 602 valence electrons. The number of alkyl carbamates (subject to hydrolysis) is 2. The Kier molecular flexibility index (Phi) is 33.4. The molecule has 0 unspecified atom stereocenters. The Labute approximate surface area is 655 Å². The molecule has 8 aromatic rings. The van der Waals surface area contributed by atoms with E-state index in [0.29, 0.717) is 94.3 Å². The van der Waals surface area contributed by atoms with Gasteiger partial charge in [0.2, 0.25) is 15.9 Å². The zero-order valence-corrected chi connectivity index (χ0v) is 66.7. The van der Waals surface area contributed by atoms with Crippen molar-refractivity contribution >= 4 is 87.1 Å². The summed E-state index contributed by atoms with van der Waals surface area (Å²) in [6.07, 6.45) is 4.16. The van der Waals surface area contributed by atoms with Crippen molar-refractivity contribution in [2.75, 3.05) is 84.0 Å². The van der Waals surface area contributed by atoms with Crippen molar-refractivity contribution in [2.24, 2.45) is 11.8 Å². The maximum absolute atomic E-state index is 14.2. The third-order valence-corrected chi connectivity index (χ3v) is 22.7. The largest absolute Gasteiger partial charge is 0.444 e. The van der Waals surface area contributed by atoms with Gasteiger partial charge in [-0.25, -0.2) is 42.7 Å². The topological polar surface area (TPSA) is 415 Å². The van der Waals surface area contributed by atoms with Crippen molar-refractivity contribution in [1.29, 1.82) is 0 Å². The molecule has 5 amide bonds. The number of ether oxygens (including phenoxy) is 6. The second-order valence-electron chi connectivity index (χ2n) is 28.3. The van der Waals surface area contributed by atoms with E-state index in [-0.39, 0.29) is 85.6 Å². The monoisotopic (exact) mass is 1610 g/mol. The number of nitrogen functional groups attached to an aromatic ring is 2. The number of amides is 5. The summed E-state index contributed by atoms with van der Waals surface area (Å²) >= 11 is 3.02. The zero-order valence-electron chi connectivity index (χ0n) is 63.3. The van der Waals surface area contributed by atoms with Gasteiger partial charge in [-0.2, -0.15) is 4.31 Å². The lowest BCUT2D eigenvalue weighted by Crippen LogP contribution is -2.54. The van der Waals surface area contributed by atoms with E-state index in [9.17, 15) is 37.3 Å². The molecule has 0 radical (unpaired) electrons. The Morgan fingerprint density at radius 1 is 0.766 bits per heavy atom. The number of thiazole rings is 2. The number of fused-ring (bicyclic) bond motifs is 2. The number of benzene rings is 4. The highest BCUT2D eigenvalue weighted by molar-refractivity contribution is 7.89. The number of hydrogen-bond acceptors (Lipinski definition) is 24. The van der Waals surface area contributed by atoms with Crippen LogP contribution in [0.3, 0.4) is 0 Å². The summed E-state index contributed by atoms with van der Waals surface area (Å²) in [5, 5.41) is 26.5. The van der Waals surface area contributed by atoms with Gasteiger partial charge in [-0.3, -0.25) is 19.2 Å². The number of nitrogens with one attached hydrogen (secondary N) is 4. The number of carbonyl (C=O) groups excluding carboxylic acids is 4. The fourth-order valence-electron chi connectivity index (χ4n) is 12.7. The second-order valence-corrected chi connectivity index (χ2v) is 33.7. The molecule has 3 saturated heterocycles. The summed E-state index contributed by atoms with van der Waals surface area (Å²) in [6, 6.07) is 33.0. The summed E-state index contributed by atoms with van der Waals surface area (Å²) in [6.45, 7) is 14.8. The van der Waals surface area contributed by atoms with E-state index in [1.165, 1.54) is 52.6 Å². The SMILES string of the molecule is CC(C)CN(C[C@@H](O)[C@H](Cc1ccccc1)NC(=O)O[C@H]1CO[C@H]2OCC[C@H]21)S(=O)(=O)c1ccc(N)cc1.CC(C)c1nc(CN(C)C(=O)N[C@@H](CCN2CCOCC2)C(=O)N[C@H](CC[C@H](Cc2ccccc2)NC(=O)OCc2cncs2)Cc2ccccc2)cs1.C[C@H](Cn1cnc2c(N)ncnc21)OCP(=O)(O)O. The van der Waals surface area contributed by atoms with Gasteiger partial charge in [-0.1, -0.05) is 119 Å². The van der Waals surface area contributed by atoms with Gasteiger partial charge in [-0.05, 0) is 98.7 Å². The molecule has 7 heterocycles. The lowest BCUT2D eigenvalue weighted by atomic mass is 9.95. The number of carbonyl (C=O) groups is 4. The Balaban J connectivity index is 0.000000214. The van der Waals surface area contributed by atoms with E-state index in [0.717, 1.165) is 51.8 Å². The van der Waals surface area contributed by atoms with Crippen molar-refractivity contribution in [2.45, 2.75) is 159 Å². The highest BCUT2D eigenvalue weighted by Gasteiger charge is 2.44. The minimum Gasteiger partial charge on any atom is -0.444 e. The zero-order chi connectivity index (χ0) is 79.5. The maximum atomic E-state index is 14.2. The minimum absolute atomic E-state index is 0.000183. The van der Waals surface area contributed by atoms with Crippen LogP contribution in [0.1, 0.15) is 98.5 Å². The number of nitrogens with zero attached hydrogens (tertiary/aromatic N) is 9. The van der Waals surface area contributed by atoms with Crippen molar-refractivity contribution in [3.8, 4) is 0 Å². The number of urea groups is 1. The molecule has 0 saturated carbocycles. The Bertz CT molecular complexity index is 4320. The molecule has 0 aliphatic carbocycles. The molecular weight excluding hydrogens is 1510 g/mol. The third-order valence-electron chi connectivity index (χ3n) is 18.5. The van der Waals surface area contributed by atoms with Gasteiger partial charge in [0.05, 0.1) is 96.0 Å². The van der Waals surface area contributed by atoms with Crippen LogP contribution in [0.4, 0.5) is 25.9 Å². The predicted molar refractivity (Wildman–Crippen MR) is 421 cm³/mol. The van der Waals surface area contributed by atoms with Crippen LogP contribution >= 0.6 is 30.3 Å². The van der Waals surface area contributed by atoms with Crippen LogP contribution in [-0.2, 0) is 86.8 Å². The van der Waals surface area contributed by atoms with Gasteiger partial charge >= 0.3 is 25.8 Å². The highest BCUT2D eigenvalue weighted by Crippen LogP contribution is 2.35. The quantitative estimate of drug-likeness (QED) is 0.0133. The summed E-state index contributed by atoms with van der Waals surface area (Å²) in [7, 11) is -6.36. The number of hydrogen-bond donors (Lipinski definition) is 9. The molecular formula is C76H104N15O16PS3. The normalized spacial score (nSPS) is 17.4. The number of rotatable bonds is 35. The average molecular weight is 1610 g/mol. The van der Waals surface area contributed by atoms with E-state index in [1.807, 2.05) is 110 Å². The standard InChI is InChI=1S/C40H53N7O5S2.C27H37N3O7S.C9H14N5O4P/c1-29(2)38-43-34(27-53-38)25-46(3)39(49)45-36(16-17-47-18-20-51-21-19-47)37(48)42-32(22-30-10-6-4-7-11-30)14-15-33(23-31-12-8-5-9-13-31)44-40(50)52-26-35-24-41-28-54-35;1-18(2)15-30(38(33,34)21-10-8-20(28)9-11-21)16-24(31)23(14-19-6-4-3-5-7-19)29-27(32)37-25-17-36-26-22(25)12-13-35-26;1-6(18-5-19(15,16)17)2-14-4-13-7-8(10)11-3-12-9(7)14/h4-13,24,27-29,32-33,36H,14-23,25-26H2,1-3H3,(H,42,48)(H,44,50)(H,45,49);3-11,18,22-26,31H,12-17,28H2,1-2H3,(H,29,32);3-4,6H,2,5H2,1H3,(H2,10,11,12)(H2,15,16,17)/t32-,33-,36+;22-,23-,24+,25-,26+;6-/m101/s1.